The van der Waals surface area contributed by atoms with Gasteiger partial charge in [-0.25, -0.2) is 0 Å². The fourth-order valence-electron chi connectivity index (χ4n) is 0.289. The number of hydrogen-bond donors (Lipinski definition) is 0. The predicted molar refractivity (Wildman–Crippen MR) is 38.4 cm³/mol. The molecule has 3 nitrogen and oxygen atoms in total. The molecule has 0 spiro atoms. The third-order valence-corrected chi connectivity index (χ3v) is 1.73. The van der Waals surface area contributed by atoms with Crippen molar-refractivity contribution >= 4 is 9.53 Å². The van der Waals surface area contributed by atoms with Crippen LogP contribution in [0.5, 0.6) is 0 Å². The largest absolute Gasteiger partial charge is 0.483 e. The van der Waals surface area contributed by atoms with Crippen molar-refractivity contribution < 1.29 is 31.6 Å². The van der Waals surface area contributed by atoms with E-state index < -0.39 is 9.53 Å². The van der Waals surface area contributed by atoms with Gasteiger partial charge in [-0.2, -0.15) is 0 Å². The summed E-state index contributed by atoms with van der Waals surface area (Å²) in [7, 11) is 3.05. The Morgan fingerprint density at radius 3 is 1.40 bits per heavy atom. The molecule has 0 saturated heterocycles. The average Bonchev–Trinajstić information content (AvgIpc) is 1.93. The molecule has 0 unspecified atom stereocenters. The smallest absolute Gasteiger partial charge is 0.379 e. The van der Waals surface area contributed by atoms with Crippen molar-refractivity contribution in [1.29, 1.82) is 0 Å². The van der Waals surface area contributed by atoms with Gasteiger partial charge < -0.3 is 13.3 Å². The summed E-state index contributed by atoms with van der Waals surface area (Å²) >= 11 is 2.27. The van der Waals surface area contributed by atoms with E-state index in [0.717, 1.165) is 0 Å². The molecule has 0 aliphatic rings. The first-order valence-corrected chi connectivity index (χ1v) is 4.96. The van der Waals surface area contributed by atoms with Gasteiger partial charge in [-0.15, -0.1) is 0 Å². The van der Waals surface area contributed by atoms with Gasteiger partial charge in [-0.3, -0.25) is 0 Å². The zero-order valence-corrected chi connectivity index (χ0v) is 9.33. The van der Waals surface area contributed by atoms with Crippen molar-refractivity contribution in [3.05, 3.63) is 11.2 Å². The van der Waals surface area contributed by atoms with Gasteiger partial charge in [0.2, 0.25) is 0 Å². The first kappa shape index (κ1) is 13.1. The molecule has 0 atom stereocenters. The molecule has 10 heavy (non-hydrogen) atoms. The van der Waals surface area contributed by atoms with E-state index in [1.54, 1.807) is 26.0 Å². The first-order chi connectivity index (χ1) is 4.76. The Kier molecular flexibility index (Phi) is 15.9. The second kappa shape index (κ2) is 12.2. The molecule has 0 aromatic carbocycles. The standard InChI is InChI=1S/C3H10O3Si.C2H3.Ru/c1-4-7(5-2)6-3;1-2;/h7H,1-3H3;1H,2H2;. The van der Waals surface area contributed by atoms with E-state index in [9.17, 15) is 0 Å². The maximum Gasteiger partial charge on any atom is 0.483 e. The molecule has 5 heteroatoms. The van der Waals surface area contributed by atoms with E-state index in [1.165, 1.54) is 0 Å². The molecule has 0 N–H and O–H groups in total. The van der Waals surface area contributed by atoms with Crippen LogP contribution in [0, 0.1) is 0 Å². The van der Waals surface area contributed by atoms with Crippen molar-refractivity contribution in [3.8, 4) is 0 Å². The van der Waals surface area contributed by atoms with Crippen LogP contribution in [0.3, 0.4) is 0 Å². The monoisotopic (exact) mass is 251 g/mol. The quantitative estimate of drug-likeness (QED) is 0.675. The Balaban J connectivity index is 0. The van der Waals surface area contributed by atoms with Gasteiger partial charge in [0.1, 0.15) is 0 Å². The summed E-state index contributed by atoms with van der Waals surface area (Å²) in [5.41, 5.74) is 0. The maximum absolute atomic E-state index is 4.74. The zero-order chi connectivity index (χ0) is 8.41. The van der Waals surface area contributed by atoms with Gasteiger partial charge >= 0.3 is 39.1 Å². The molecule has 0 aromatic rings. The van der Waals surface area contributed by atoms with Crippen molar-refractivity contribution in [2.75, 3.05) is 21.3 Å². The molecule has 0 saturated carbocycles. The van der Waals surface area contributed by atoms with E-state index >= 15 is 0 Å². The van der Waals surface area contributed by atoms with E-state index in [2.05, 4.69) is 24.9 Å². The Hall–Kier alpha value is 0.460. The Morgan fingerprint density at radius 1 is 1.20 bits per heavy atom. The summed E-state index contributed by atoms with van der Waals surface area (Å²) in [4.78, 5) is 0. The molecule has 0 radical (unpaired) electrons. The molecular formula is C5H13O3RuSi. The van der Waals surface area contributed by atoms with Crippen LogP contribution >= 0.6 is 0 Å². The topological polar surface area (TPSA) is 27.7 Å². The second-order valence-corrected chi connectivity index (χ2v) is 3.84. The van der Waals surface area contributed by atoms with Crippen LogP contribution in [0.2, 0.25) is 0 Å². The van der Waals surface area contributed by atoms with Crippen LogP contribution in [0.1, 0.15) is 0 Å². The summed E-state index contributed by atoms with van der Waals surface area (Å²) in [5, 5.41) is 0. The number of rotatable bonds is 3. The van der Waals surface area contributed by atoms with Gasteiger partial charge in [0.25, 0.3) is 0 Å². The Morgan fingerprint density at radius 2 is 1.40 bits per heavy atom. The van der Waals surface area contributed by atoms with Gasteiger partial charge in [0.15, 0.2) is 0 Å². The summed E-state index contributed by atoms with van der Waals surface area (Å²) in [6.07, 6.45) is 0. The predicted octanol–water partition coefficient (Wildman–Crippen LogP) is 0.319. The van der Waals surface area contributed by atoms with E-state index in [4.69, 9.17) is 13.3 Å². The van der Waals surface area contributed by atoms with Crippen LogP contribution in [-0.2, 0) is 31.6 Å². The molecule has 0 aliphatic heterocycles. The van der Waals surface area contributed by atoms with Gasteiger partial charge in [-0.1, -0.05) is 0 Å². The van der Waals surface area contributed by atoms with E-state index in [0.29, 0.717) is 0 Å². The molecule has 0 rings (SSSR count). The Bertz CT molecular complexity index is 62.4. The number of hydrogen-bond acceptors (Lipinski definition) is 3. The minimum atomic E-state index is -1.67. The van der Waals surface area contributed by atoms with Gasteiger partial charge in [0, 0.05) is 21.3 Å². The van der Waals surface area contributed by atoms with Crippen LogP contribution < -0.4 is 0 Å². The van der Waals surface area contributed by atoms with Gasteiger partial charge in [-0.05, 0) is 0 Å². The molecule has 0 heterocycles. The fraction of sp³-hybridized carbons (Fsp3) is 0.600. The summed E-state index contributed by atoms with van der Waals surface area (Å²) in [5.74, 6) is 0. The molecule has 0 bridgehead atoms. The van der Waals surface area contributed by atoms with Crippen molar-refractivity contribution in [2.24, 2.45) is 0 Å². The van der Waals surface area contributed by atoms with E-state index in [1.807, 2.05) is 0 Å². The molecular weight excluding hydrogens is 237 g/mol. The van der Waals surface area contributed by atoms with Crippen molar-refractivity contribution in [3.63, 3.8) is 0 Å². The summed E-state index contributed by atoms with van der Waals surface area (Å²) in [6, 6.07) is 0. The maximum atomic E-state index is 4.74. The average molecular weight is 250 g/mol. The van der Waals surface area contributed by atoms with Crippen molar-refractivity contribution in [1.82, 2.24) is 0 Å². The fourth-order valence-corrected chi connectivity index (χ4v) is 0.866. The molecule has 63 valence electrons. The van der Waals surface area contributed by atoms with Crippen LogP contribution in [0.15, 0.2) is 11.2 Å². The van der Waals surface area contributed by atoms with Crippen LogP contribution in [0.4, 0.5) is 0 Å². The second-order valence-electron chi connectivity index (χ2n) is 1.14. The van der Waals surface area contributed by atoms with Crippen LogP contribution in [0.25, 0.3) is 0 Å². The summed E-state index contributed by atoms with van der Waals surface area (Å²) < 4.78 is 15.9. The summed E-state index contributed by atoms with van der Waals surface area (Å²) in [6.45, 7) is 3.33. The minimum absolute atomic E-state index is 1.57. The van der Waals surface area contributed by atoms with E-state index in [-0.39, 0.29) is 0 Å². The first-order valence-electron chi connectivity index (χ1n) is 2.54. The third kappa shape index (κ3) is 11.3. The zero-order valence-electron chi connectivity index (χ0n) is 6.44. The van der Waals surface area contributed by atoms with Gasteiger partial charge in [0.05, 0.1) is 0 Å². The van der Waals surface area contributed by atoms with Crippen LogP contribution in [-0.4, -0.2) is 30.9 Å². The minimum Gasteiger partial charge on any atom is -0.379 e. The Labute approximate surface area is 74.0 Å². The van der Waals surface area contributed by atoms with Crippen molar-refractivity contribution in [2.45, 2.75) is 0 Å². The molecule has 0 aliphatic carbocycles. The molecule has 0 amide bonds. The SMILES string of the molecule is C=[CH][Ru].CO[SiH](OC)OC. The molecule has 0 fully saturated rings. The molecule has 0 aromatic heterocycles. The normalized spacial score (nSPS) is 8.50. The third-order valence-electron chi connectivity index (χ3n) is 0.577.